The number of carbonyl (C=O) groups is 2. The van der Waals surface area contributed by atoms with Gasteiger partial charge in [0.05, 0.1) is 31.5 Å². The van der Waals surface area contributed by atoms with Crippen LogP contribution in [0, 0.1) is 11.8 Å². The zero-order valence-corrected chi connectivity index (χ0v) is 26.1. The first kappa shape index (κ1) is 38.1. The van der Waals surface area contributed by atoms with Crippen molar-refractivity contribution >= 4 is 21.8 Å². The van der Waals surface area contributed by atoms with Gasteiger partial charge in [-0.25, -0.2) is 8.42 Å². The van der Waals surface area contributed by atoms with E-state index in [1.807, 2.05) is 58.0 Å². The third-order valence-electron chi connectivity index (χ3n) is 4.83. The Labute approximate surface area is 232 Å². The predicted molar refractivity (Wildman–Crippen MR) is 157 cm³/mol. The van der Waals surface area contributed by atoms with Gasteiger partial charge < -0.3 is 20.6 Å². The summed E-state index contributed by atoms with van der Waals surface area (Å²) in [4.78, 5) is 25.9. The molecule has 9 nitrogen and oxygen atoms in total. The number of hydrogen-bond donors (Lipinski definition) is 3. The van der Waals surface area contributed by atoms with Crippen LogP contribution in [0.4, 0.5) is 0 Å². The SMILES string of the molecule is CC.CC(C)C.CC(C)CCN(C[C@@H](O)[C@H](Cc1ccccc1)NC(=O)CNC(=O)CN(C)C)S(C)(=O)=O. The molecule has 0 saturated carbocycles. The van der Waals surface area contributed by atoms with E-state index in [2.05, 4.69) is 31.4 Å². The highest BCUT2D eigenvalue weighted by Gasteiger charge is 2.27. The van der Waals surface area contributed by atoms with Crippen molar-refractivity contribution in [3.05, 3.63) is 35.9 Å². The fourth-order valence-corrected chi connectivity index (χ4v) is 3.92. The lowest BCUT2D eigenvalue weighted by Gasteiger charge is -2.29. The van der Waals surface area contributed by atoms with Crippen LogP contribution in [0.1, 0.15) is 60.5 Å². The molecule has 0 fully saturated rings. The number of nitrogens with zero attached hydrogens (tertiary/aromatic N) is 2. The maximum Gasteiger partial charge on any atom is 0.239 e. The Bertz CT molecular complexity index is 858. The molecule has 0 radical (unpaired) electrons. The molecular formula is C28H54N4O5S. The van der Waals surface area contributed by atoms with Gasteiger partial charge in [-0.15, -0.1) is 0 Å². The first-order chi connectivity index (χ1) is 17.6. The number of likely N-dealkylation sites (N-methyl/N-ethyl adjacent to an activating group) is 1. The van der Waals surface area contributed by atoms with Crippen molar-refractivity contribution in [1.29, 1.82) is 0 Å². The van der Waals surface area contributed by atoms with Crippen LogP contribution in [-0.2, 0) is 26.0 Å². The van der Waals surface area contributed by atoms with Gasteiger partial charge >= 0.3 is 0 Å². The molecule has 0 spiro atoms. The molecule has 10 heteroatoms. The highest BCUT2D eigenvalue weighted by atomic mass is 32.2. The van der Waals surface area contributed by atoms with Gasteiger partial charge in [0.25, 0.3) is 0 Å². The predicted octanol–water partition coefficient (Wildman–Crippen LogP) is 2.75. The average Bonchev–Trinajstić information content (AvgIpc) is 2.80. The summed E-state index contributed by atoms with van der Waals surface area (Å²) in [7, 11) is -0.0271. The number of sulfonamides is 1. The number of amides is 2. The van der Waals surface area contributed by atoms with Crippen LogP contribution in [-0.4, -0.2) is 93.2 Å². The summed E-state index contributed by atoms with van der Waals surface area (Å²) >= 11 is 0. The monoisotopic (exact) mass is 558 g/mol. The van der Waals surface area contributed by atoms with Gasteiger partial charge in [0, 0.05) is 13.1 Å². The maximum absolute atomic E-state index is 12.5. The Morgan fingerprint density at radius 3 is 1.95 bits per heavy atom. The number of hydrogen-bond acceptors (Lipinski definition) is 6. The number of rotatable bonds is 14. The lowest BCUT2D eigenvalue weighted by atomic mass is 10.0. The molecule has 0 bridgehead atoms. The fraction of sp³-hybridized carbons (Fsp3) is 0.714. The Kier molecular flexibility index (Phi) is 21.0. The smallest absolute Gasteiger partial charge is 0.239 e. The van der Waals surface area contributed by atoms with Crippen LogP contribution in [0.3, 0.4) is 0 Å². The average molecular weight is 559 g/mol. The van der Waals surface area contributed by atoms with Gasteiger partial charge in [-0.05, 0) is 44.3 Å². The molecule has 0 heterocycles. The van der Waals surface area contributed by atoms with E-state index in [-0.39, 0.29) is 25.5 Å². The minimum Gasteiger partial charge on any atom is -0.390 e. The van der Waals surface area contributed by atoms with Gasteiger partial charge in [0.1, 0.15) is 0 Å². The third-order valence-corrected chi connectivity index (χ3v) is 6.10. The largest absolute Gasteiger partial charge is 0.390 e. The molecule has 1 rings (SSSR count). The topological polar surface area (TPSA) is 119 Å². The highest BCUT2D eigenvalue weighted by molar-refractivity contribution is 7.88. The Morgan fingerprint density at radius 2 is 1.50 bits per heavy atom. The number of nitrogens with one attached hydrogen (secondary N) is 2. The van der Waals surface area contributed by atoms with Gasteiger partial charge in [-0.1, -0.05) is 78.8 Å². The first-order valence-corrected chi connectivity index (χ1v) is 15.3. The van der Waals surface area contributed by atoms with Crippen molar-refractivity contribution < 1.29 is 23.1 Å². The van der Waals surface area contributed by atoms with Crippen molar-refractivity contribution in [2.75, 3.05) is 46.5 Å². The quantitative estimate of drug-likeness (QED) is 0.323. The van der Waals surface area contributed by atoms with Crippen LogP contribution in [0.25, 0.3) is 0 Å². The summed E-state index contributed by atoms with van der Waals surface area (Å²) in [6.45, 7) is 14.6. The van der Waals surface area contributed by atoms with Crippen LogP contribution in [0.15, 0.2) is 30.3 Å². The standard InChI is InChI=1S/C22H38N4O5S.C4H10.C2H6/c1-17(2)11-12-26(32(5,30)31)15-20(27)19(13-18-9-7-6-8-10-18)24-21(28)14-23-22(29)16-25(3)4;1-4(2)3;1-2/h6-10,17,19-20,27H,11-16H2,1-5H3,(H,23,29)(H,24,28);4H,1-3H3;1-2H3/t19-,20+;;/m0../s1. The van der Waals surface area contributed by atoms with E-state index >= 15 is 0 Å². The molecule has 0 aliphatic carbocycles. The molecule has 0 aliphatic rings. The van der Waals surface area contributed by atoms with Gasteiger partial charge in [0.2, 0.25) is 21.8 Å². The molecule has 0 unspecified atom stereocenters. The number of aliphatic hydroxyl groups excluding tert-OH is 1. The van der Waals surface area contributed by atoms with E-state index in [1.165, 1.54) is 4.31 Å². The lowest BCUT2D eigenvalue weighted by molar-refractivity contribution is -0.127. The second kappa shape index (κ2) is 20.9. The molecular weight excluding hydrogens is 504 g/mol. The van der Waals surface area contributed by atoms with Crippen LogP contribution < -0.4 is 10.6 Å². The van der Waals surface area contributed by atoms with Crippen molar-refractivity contribution in [3.8, 4) is 0 Å². The minimum absolute atomic E-state index is 0.129. The van der Waals surface area contributed by atoms with Crippen LogP contribution in [0.5, 0.6) is 0 Å². The second-order valence-corrected chi connectivity index (χ2v) is 12.5. The summed E-state index contributed by atoms with van der Waals surface area (Å²) < 4.78 is 25.7. The van der Waals surface area contributed by atoms with Crippen molar-refractivity contribution in [1.82, 2.24) is 19.8 Å². The van der Waals surface area contributed by atoms with E-state index in [1.54, 1.807) is 19.0 Å². The van der Waals surface area contributed by atoms with E-state index < -0.39 is 28.1 Å². The molecule has 0 saturated heterocycles. The second-order valence-electron chi connectivity index (χ2n) is 10.5. The van der Waals surface area contributed by atoms with Crippen molar-refractivity contribution in [2.45, 2.75) is 73.5 Å². The van der Waals surface area contributed by atoms with Crippen molar-refractivity contribution in [3.63, 3.8) is 0 Å². The summed E-state index contributed by atoms with van der Waals surface area (Å²) in [6, 6.07) is 8.60. The zero-order valence-electron chi connectivity index (χ0n) is 25.3. The maximum atomic E-state index is 12.5. The Balaban J connectivity index is 0. The molecule has 0 aliphatic heterocycles. The third kappa shape index (κ3) is 21.0. The summed E-state index contributed by atoms with van der Waals surface area (Å²) in [6.07, 6.45) is 0.971. The van der Waals surface area contributed by atoms with Crippen LogP contribution in [0.2, 0.25) is 0 Å². The highest BCUT2D eigenvalue weighted by Crippen LogP contribution is 2.12. The van der Waals surface area contributed by atoms with E-state index in [0.29, 0.717) is 25.3 Å². The lowest BCUT2D eigenvalue weighted by Crippen LogP contribution is -2.52. The normalized spacial score (nSPS) is 12.8. The molecule has 1 aromatic carbocycles. The van der Waals surface area contributed by atoms with Crippen LogP contribution >= 0.6 is 0 Å². The number of carbonyl (C=O) groups excluding carboxylic acids is 2. The molecule has 2 atom stereocenters. The fourth-order valence-electron chi connectivity index (χ4n) is 3.06. The zero-order chi connectivity index (χ0) is 29.9. The molecule has 2 amide bonds. The van der Waals surface area contributed by atoms with Crippen molar-refractivity contribution in [2.24, 2.45) is 11.8 Å². The molecule has 222 valence electrons. The minimum atomic E-state index is -3.52. The Morgan fingerprint density at radius 1 is 0.974 bits per heavy atom. The number of aliphatic hydroxyl groups is 1. The van der Waals surface area contributed by atoms with Gasteiger partial charge in [0.15, 0.2) is 0 Å². The van der Waals surface area contributed by atoms with Gasteiger partial charge in [-0.2, -0.15) is 4.31 Å². The Hall–Kier alpha value is -2.01. The number of benzene rings is 1. The summed E-state index contributed by atoms with van der Waals surface area (Å²) in [5.41, 5.74) is 0.890. The van der Waals surface area contributed by atoms with E-state index in [4.69, 9.17) is 0 Å². The first-order valence-electron chi connectivity index (χ1n) is 13.5. The van der Waals surface area contributed by atoms with Gasteiger partial charge in [-0.3, -0.25) is 9.59 Å². The molecule has 38 heavy (non-hydrogen) atoms. The van der Waals surface area contributed by atoms with E-state index in [0.717, 1.165) is 17.7 Å². The summed E-state index contributed by atoms with van der Waals surface area (Å²) in [5, 5.41) is 16.2. The molecule has 3 N–H and O–H groups in total. The molecule has 0 aromatic heterocycles. The molecule has 1 aromatic rings. The summed E-state index contributed by atoms with van der Waals surface area (Å²) in [5.74, 6) is 0.398. The van der Waals surface area contributed by atoms with E-state index in [9.17, 15) is 23.1 Å².